The van der Waals surface area contributed by atoms with Crippen molar-refractivity contribution in [2.75, 3.05) is 14.2 Å². The lowest BCUT2D eigenvalue weighted by molar-refractivity contribution is -0.145. The number of carbonyl (C=O) groups is 1. The smallest absolute Gasteiger partial charge is 0.326 e. The molecule has 0 amide bonds. The van der Waals surface area contributed by atoms with Crippen LogP contribution >= 0.6 is 15.9 Å². The number of fused-ring (bicyclic) bond motifs is 2. The predicted molar refractivity (Wildman–Crippen MR) is 123 cm³/mol. The summed E-state index contributed by atoms with van der Waals surface area (Å²) in [7, 11) is 3.11. The summed E-state index contributed by atoms with van der Waals surface area (Å²) in [5.74, 6) is 0.713. The summed E-state index contributed by atoms with van der Waals surface area (Å²) in [6, 6.07) is 18.1. The van der Waals surface area contributed by atoms with Crippen molar-refractivity contribution >= 4 is 43.7 Å². The highest BCUT2D eigenvalue weighted by molar-refractivity contribution is 9.10. The molecule has 3 aromatic carbocycles. The van der Waals surface area contributed by atoms with Gasteiger partial charge in [0.25, 0.3) is 0 Å². The molecule has 0 bridgehead atoms. The Hall–Kier alpha value is -3.32. The molecule has 0 unspecified atom stereocenters. The van der Waals surface area contributed by atoms with Gasteiger partial charge in [0.2, 0.25) is 0 Å². The lowest BCUT2D eigenvalue weighted by Crippen LogP contribution is -2.18. The largest absolute Gasteiger partial charge is 0.493 e. The van der Waals surface area contributed by atoms with Crippen LogP contribution in [0.25, 0.3) is 21.8 Å². The first-order chi connectivity index (χ1) is 15.0. The van der Waals surface area contributed by atoms with Gasteiger partial charge in [0.1, 0.15) is 13.2 Å². The molecule has 0 aliphatic heterocycles. The van der Waals surface area contributed by atoms with Crippen molar-refractivity contribution in [3.8, 4) is 11.5 Å². The average molecular weight is 482 g/mol. The summed E-state index contributed by atoms with van der Waals surface area (Å²) in [4.78, 5) is 25.6. The maximum atomic E-state index is 12.8. The fraction of sp³-hybridized carbons (Fsp3) is 0.167. The van der Waals surface area contributed by atoms with E-state index >= 15 is 0 Å². The summed E-state index contributed by atoms with van der Waals surface area (Å²) in [5.41, 5.74) is 2.08. The molecule has 31 heavy (non-hydrogen) atoms. The highest BCUT2D eigenvalue weighted by atomic mass is 79.9. The van der Waals surface area contributed by atoms with Gasteiger partial charge >= 0.3 is 5.97 Å². The standard InChI is InChI=1S/C24H20BrNO5/c1-29-21-11-15(18(25)12-22(21)30-2)14-31-23(27)13-26-19-9-5-3-7-16(19)24(28)17-8-4-6-10-20(17)26/h3-12H,13-14H2,1-2H3. The molecular weight excluding hydrogens is 462 g/mol. The summed E-state index contributed by atoms with van der Waals surface area (Å²) in [5, 5.41) is 1.13. The first kappa shape index (κ1) is 20.9. The molecule has 0 fully saturated rings. The third-order valence-corrected chi connectivity index (χ3v) is 5.85. The Balaban J connectivity index is 1.64. The van der Waals surface area contributed by atoms with Crippen LogP contribution in [-0.4, -0.2) is 24.8 Å². The minimum atomic E-state index is -0.416. The molecule has 0 saturated carbocycles. The highest BCUT2D eigenvalue weighted by Crippen LogP contribution is 2.33. The van der Waals surface area contributed by atoms with Gasteiger partial charge in [-0.2, -0.15) is 0 Å². The fourth-order valence-electron chi connectivity index (χ4n) is 3.59. The monoisotopic (exact) mass is 481 g/mol. The van der Waals surface area contributed by atoms with E-state index in [2.05, 4.69) is 15.9 Å². The Labute approximate surface area is 187 Å². The molecule has 0 aliphatic carbocycles. The Morgan fingerprint density at radius 2 is 1.45 bits per heavy atom. The van der Waals surface area contributed by atoms with Crippen molar-refractivity contribution in [2.45, 2.75) is 13.2 Å². The number of methoxy groups -OCH3 is 2. The van der Waals surface area contributed by atoms with Gasteiger partial charge in [-0.1, -0.05) is 40.2 Å². The maximum Gasteiger partial charge on any atom is 0.326 e. The second-order valence-electron chi connectivity index (χ2n) is 6.91. The number of hydrogen-bond donors (Lipinski definition) is 0. The first-order valence-corrected chi connectivity index (χ1v) is 10.4. The van der Waals surface area contributed by atoms with Crippen molar-refractivity contribution in [1.82, 2.24) is 4.57 Å². The van der Waals surface area contributed by atoms with Crippen LogP contribution in [0.3, 0.4) is 0 Å². The van der Waals surface area contributed by atoms with E-state index in [4.69, 9.17) is 14.2 Å². The number of nitrogens with zero attached hydrogens (tertiary/aromatic N) is 1. The van der Waals surface area contributed by atoms with Gasteiger partial charge in [-0.05, 0) is 36.4 Å². The number of carbonyl (C=O) groups excluding carboxylic acids is 1. The van der Waals surface area contributed by atoms with Crippen LogP contribution in [0.2, 0.25) is 0 Å². The Morgan fingerprint density at radius 1 is 0.903 bits per heavy atom. The van der Waals surface area contributed by atoms with Gasteiger partial charge in [-0.15, -0.1) is 0 Å². The van der Waals surface area contributed by atoms with Crippen LogP contribution in [0.5, 0.6) is 11.5 Å². The van der Waals surface area contributed by atoms with Crippen molar-refractivity contribution in [2.24, 2.45) is 0 Å². The third-order valence-electron chi connectivity index (χ3n) is 5.11. The van der Waals surface area contributed by atoms with Crippen LogP contribution in [0.15, 0.2) is 69.9 Å². The zero-order valence-corrected chi connectivity index (χ0v) is 18.6. The second kappa shape index (κ2) is 8.81. The Morgan fingerprint density at radius 3 is 2.03 bits per heavy atom. The van der Waals surface area contributed by atoms with Crippen LogP contribution in [0.4, 0.5) is 0 Å². The van der Waals surface area contributed by atoms with Crippen molar-refractivity contribution in [3.05, 3.63) is 80.9 Å². The van der Waals surface area contributed by atoms with Crippen molar-refractivity contribution in [3.63, 3.8) is 0 Å². The van der Waals surface area contributed by atoms with E-state index in [0.29, 0.717) is 33.3 Å². The summed E-state index contributed by atoms with van der Waals surface area (Å²) in [6.07, 6.45) is 0. The Kier molecular flexibility index (Phi) is 5.95. The molecule has 4 rings (SSSR count). The van der Waals surface area contributed by atoms with Gasteiger partial charge in [0.05, 0.1) is 25.3 Å². The van der Waals surface area contributed by atoms with Crippen LogP contribution in [-0.2, 0) is 22.7 Å². The third kappa shape index (κ3) is 4.01. The van der Waals surface area contributed by atoms with Gasteiger partial charge in [0, 0.05) is 20.8 Å². The van der Waals surface area contributed by atoms with Crippen LogP contribution < -0.4 is 14.9 Å². The van der Waals surface area contributed by atoms with E-state index in [1.54, 1.807) is 38.5 Å². The highest BCUT2D eigenvalue weighted by Gasteiger charge is 2.15. The fourth-order valence-corrected chi connectivity index (χ4v) is 4.02. The van der Waals surface area contributed by atoms with Crippen molar-refractivity contribution in [1.29, 1.82) is 0 Å². The summed E-state index contributed by atoms with van der Waals surface area (Å²) >= 11 is 3.47. The van der Waals surface area contributed by atoms with E-state index < -0.39 is 5.97 Å². The molecule has 0 saturated heterocycles. The summed E-state index contributed by atoms with van der Waals surface area (Å²) in [6.45, 7) is 0.0437. The second-order valence-corrected chi connectivity index (χ2v) is 7.76. The van der Waals surface area contributed by atoms with Gasteiger partial charge < -0.3 is 18.8 Å². The van der Waals surface area contributed by atoms with E-state index in [1.165, 1.54) is 0 Å². The van der Waals surface area contributed by atoms with Crippen LogP contribution in [0.1, 0.15) is 5.56 Å². The molecule has 0 aliphatic rings. The Bertz CT molecular complexity index is 1290. The number of esters is 1. The number of rotatable bonds is 6. The van der Waals surface area contributed by atoms with Gasteiger partial charge in [-0.3, -0.25) is 9.59 Å². The van der Waals surface area contributed by atoms with Gasteiger partial charge in [0.15, 0.2) is 16.9 Å². The SMILES string of the molecule is COc1cc(Br)c(COC(=O)Cn2c3ccccc3c(=O)c3ccccc32)cc1OC. The predicted octanol–water partition coefficient (Wildman–Crippen LogP) is 4.68. The van der Waals surface area contributed by atoms with E-state index in [1.807, 2.05) is 41.0 Å². The lowest BCUT2D eigenvalue weighted by atomic mass is 10.1. The molecule has 1 heterocycles. The molecule has 6 nitrogen and oxygen atoms in total. The molecule has 7 heteroatoms. The normalized spacial score (nSPS) is 10.9. The zero-order valence-electron chi connectivity index (χ0n) is 17.1. The van der Waals surface area contributed by atoms with Crippen molar-refractivity contribution < 1.29 is 19.0 Å². The van der Waals surface area contributed by atoms with Gasteiger partial charge in [-0.25, -0.2) is 0 Å². The molecule has 158 valence electrons. The minimum Gasteiger partial charge on any atom is -0.493 e. The number of ether oxygens (including phenoxy) is 3. The number of aromatic nitrogens is 1. The number of halogens is 1. The molecule has 0 N–H and O–H groups in total. The molecular formula is C24H20BrNO5. The minimum absolute atomic E-state index is 0.0216. The summed E-state index contributed by atoms with van der Waals surface area (Å²) < 4.78 is 18.7. The average Bonchev–Trinajstić information content (AvgIpc) is 2.80. The quantitative estimate of drug-likeness (QED) is 0.295. The van der Waals surface area contributed by atoms with E-state index in [-0.39, 0.29) is 18.6 Å². The number of para-hydroxylation sites is 2. The molecule has 4 aromatic rings. The van der Waals surface area contributed by atoms with Crippen LogP contribution in [0, 0.1) is 0 Å². The molecule has 0 radical (unpaired) electrons. The molecule has 0 atom stereocenters. The molecule has 1 aromatic heterocycles. The number of hydrogen-bond acceptors (Lipinski definition) is 5. The first-order valence-electron chi connectivity index (χ1n) is 9.59. The zero-order chi connectivity index (χ0) is 22.0. The number of pyridine rings is 1. The topological polar surface area (TPSA) is 66.8 Å². The lowest BCUT2D eigenvalue weighted by Gasteiger charge is -2.15. The number of benzene rings is 3. The van der Waals surface area contributed by atoms with E-state index in [0.717, 1.165) is 10.0 Å². The van der Waals surface area contributed by atoms with E-state index in [9.17, 15) is 9.59 Å². The molecule has 0 spiro atoms. The maximum absolute atomic E-state index is 12.8.